The Labute approximate surface area is 201 Å². The Morgan fingerprint density at radius 2 is 1.97 bits per heavy atom. The number of carbonyl (C=O) groups excluding carboxylic acids is 1. The molecule has 2 aromatic heterocycles. The van der Waals surface area contributed by atoms with Crippen LogP contribution in [0.25, 0.3) is 6.08 Å². The van der Waals surface area contributed by atoms with Gasteiger partial charge in [0.2, 0.25) is 5.88 Å². The van der Waals surface area contributed by atoms with Gasteiger partial charge in [-0.05, 0) is 55.2 Å². The summed E-state index contributed by atoms with van der Waals surface area (Å²) in [6, 6.07) is 12.9. The predicted molar refractivity (Wildman–Crippen MR) is 127 cm³/mol. The number of carbonyl (C=O) groups is 1. The van der Waals surface area contributed by atoms with Crippen molar-refractivity contribution in [1.29, 1.82) is 0 Å². The molecule has 0 aliphatic carbocycles. The lowest BCUT2D eigenvalue weighted by Gasteiger charge is -2.33. The zero-order valence-electron chi connectivity index (χ0n) is 19.3. The van der Waals surface area contributed by atoms with E-state index < -0.39 is 11.7 Å². The summed E-state index contributed by atoms with van der Waals surface area (Å²) in [4.78, 5) is 22.4. The van der Waals surface area contributed by atoms with E-state index >= 15 is 0 Å². The van der Waals surface area contributed by atoms with E-state index in [-0.39, 0.29) is 17.8 Å². The maximum Gasteiger partial charge on any atom is 0.417 e. The number of pyridine rings is 2. The monoisotopic (exact) mass is 482 g/mol. The number of benzene rings is 1. The second-order valence-corrected chi connectivity index (χ2v) is 8.49. The highest BCUT2D eigenvalue weighted by Gasteiger charge is 2.30. The van der Waals surface area contributed by atoms with Crippen molar-refractivity contribution in [2.24, 2.45) is 5.92 Å². The first-order valence-corrected chi connectivity index (χ1v) is 11.2. The van der Waals surface area contributed by atoms with E-state index in [1.165, 1.54) is 11.6 Å². The zero-order chi connectivity index (χ0) is 25.0. The molecule has 1 aromatic carbocycles. The zero-order valence-corrected chi connectivity index (χ0v) is 19.3. The van der Waals surface area contributed by atoms with E-state index in [0.717, 1.165) is 29.9 Å². The van der Waals surface area contributed by atoms with Gasteiger partial charge in [0.05, 0.1) is 17.4 Å². The molecule has 182 valence electrons. The number of aryl methyl sites for hydroxylation is 1. The second-order valence-electron chi connectivity index (χ2n) is 8.49. The minimum Gasteiger partial charge on any atom is -0.439 e. The Balaban J connectivity index is 1.38. The minimum absolute atomic E-state index is 0.0827. The molecule has 1 saturated heterocycles. The highest BCUT2D eigenvalue weighted by Crippen LogP contribution is 2.31. The van der Waals surface area contributed by atoms with Crippen molar-refractivity contribution in [2.75, 3.05) is 18.4 Å². The Kier molecular flexibility index (Phi) is 7.04. The van der Waals surface area contributed by atoms with Gasteiger partial charge in [0.1, 0.15) is 5.75 Å². The molecule has 0 spiro atoms. The quantitative estimate of drug-likeness (QED) is 0.458. The van der Waals surface area contributed by atoms with Crippen LogP contribution in [-0.4, -0.2) is 34.0 Å². The average molecular weight is 483 g/mol. The number of hydrogen-bond acceptors (Lipinski definition) is 4. The van der Waals surface area contributed by atoms with Crippen LogP contribution in [-0.2, 0) is 6.18 Å². The average Bonchev–Trinajstić information content (AvgIpc) is 2.82. The normalized spacial score (nSPS) is 17.3. The molecule has 2 amide bonds. The second kappa shape index (κ2) is 10.2. The first-order valence-electron chi connectivity index (χ1n) is 11.2. The SMILES string of the molecule is Cc1ccc(NC(=O)N2CC/C(=C\c3cccc(Oc4ccc(C(F)(F)F)cn4)c3)C(C)C2)cn1. The standard InChI is InChI=1S/C26H25F3N4O2/c1-17-16-33(25(34)32-22-8-6-18(2)30-15-22)11-10-20(17)12-19-4-3-5-23(13-19)35-24-9-7-21(14-31-24)26(27,28)29/h3-9,12-15,17H,10-11,16H2,1-2H3,(H,32,34)/b20-12+. The number of nitrogens with zero attached hydrogens (tertiary/aromatic N) is 3. The van der Waals surface area contributed by atoms with Gasteiger partial charge >= 0.3 is 12.2 Å². The van der Waals surface area contributed by atoms with Gasteiger partial charge in [-0.2, -0.15) is 13.2 Å². The summed E-state index contributed by atoms with van der Waals surface area (Å²) in [5, 5.41) is 2.89. The molecule has 3 heterocycles. The summed E-state index contributed by atoms with van der Waals surface area (Å²) >= 11 is 0. The molecule has 6 nitrogen and oxygen atoms in total. The van der Waals surface area contributed by atoms with Gasteiger partial charge < -0.3 is 15.0 Å². The number of alkyl halides is 3. The minimum atomic E-state index is -4.44. The Morgan fingerprint density at radius 3 is 2.63 bits per heavy atom. The van der Waals surface area contributed by atoms with Crippen LogP contribution in [0.1, 0.15) is 30.2 Å². The van der Waals surface area contributed by atoms with E-state index in [1.807, 2.05) is 37.3 Å². The third kappa shape index (κ3) is 6.38. The number of anilines is 1. The van der Waals surface area contributed by atoms with Crippen LogP contribution in [0.4, 0.5) is 23.7 Å². The van der Waals surface area contributed by atoms with Gasteiger partial charge in [0.25, 0.3) is 0 Å². The topological polar surface area (TPSA) is 67.4 Å². The molecular weight excluding hydrogens is 457 g/mol. The molecule has 1 fully saturated rings. The Hall–Kier alpha value is -3.88. The number of likely N-dealkylation sites (tertiary alicyclic amines) is 1. The van der Waals surface area contributed by atoms with Crippen molar-refractivity contribution in [2.45, 2.75) is 26.4 Å². The maximum absolute atomic E-state index is 12.7. The lowest BCUT2D eigenvalue weighted by atomic mass is 9.91. The van der Waals surface area contributed by atoms with Crippen molar-refractivity contribution >= 4 is 17.8 Å². The summed E-state index contributed by atoms with van der Waals surface area (Å²) < 4.78 is 43.8. The lowest BCUT2D eigenvalue weighted by Crippen LogP contribution is -2.42. The maximum atomic E-state index is 12.7. The number of aromatic nitrogens is 2. The van der Waals surface area contributed by atoms with Crippen molar-refractivity contribution in [1.82, 2.24) is 14.9 Å². The Bertz CT molecular complexity index is 1210. The van der Waals surface area contributed by atoms with Crippen molar-refractivity contribution in [3.63, 3.8) is 0 Å². The number of ether oxygens (including phenoxy) is 1. The summed E-state index contributed by atoms with van der Waals surface area (Å²) in [6.07, 6.45) is 0.745. The number of rotatable bonds is 4. The van der Waals surface area contributed by atoms with Gasteiger partial charge in [-0.15, -0.1) is 0 Å². The smallest absolute Gasteiger partial charge is 0.417 e. The van der Waals surface area contributed by atoms with Crippen LogP contribution in [0.5, 0.6) is 11.6 Å². The summed E-state index contributed by atoms with van der Waals surface area (Å²) in [5.41, 5.74) is 2.83. The highest BCUT2D eigenvalue weighted by molar-refractivity contribution is 5.89. The fourth-order valence-electron chi connectivity index (χ4n) is 3.80. The highest BCUT2D eigenvalue weighted by atomic mass is 19.4. The Morgan fingerprint density at radius 1 is 1.14 bits per heavy atom. The molecule has 1 aliphatic rings. The van der Waals surface area contributed by atoms with Crippen LogP contribution in [0.15, 0.2) is 66.5 Å². The fourth-order valence-corrected chi connectivity index (χ4v) is 3.80. The third-order valence-electron chi connectivity index (χ3n) is 5.74. The van der Waals surface area contributed by atoms with Crippen molar-refractivity contribution < 1.29 is 22.7 Å². The number of nitrogens with one attached hydrogen (secondary N) is 1. The molecular formula is C26H25F3N4O2. The summed E-state index contributed by atoms with van der Waals surface area (Å²) in [5.74, 6) is 0.717. The summed E-state index contributed by atoms with van der Waals surface area (Å²) in [6.45, 7) is 5.14. The third-order valence-corrected chi connectivity index (χ3v) is 5.74. The van der Waals surface area contributed by atoms with Crippen LogP contribution in [0.3, 0.4) is 0 Å². The molecule has 0 saturated carbocycles. The van der Waals surface area contributed by atoms with Gasteiger partial charge in [-0.25, -0.2) is 9.78 Å². The molecule has 9 heteroatoms. The molecule has 0 radical (unpaired) electrons. The van der Waals surface area contributed by atoms with E-state index in [9.17, 15) is 18.0 Å². The molecule has 1 aliphatic heterocycles. The number of amides is 2. The van der Waals surface area contributed by atoms with E-state index in [4.69, 9.17) is 4.74 Å². The molecule has 0 bridgehead atoms. The fraction of sp³-hybridized carbons (Fsp3) is 0.269. The van der Waals surface area contributed by atoms with Gasteiger partial charge in [0, 0.05) is 31.0 Å². The molecule has 3 aromatic rings. The van der Waals surface area contributed by atoms with E-state index in [2.05, 4.69) is 28.3 Å². The van der Waals surface area contributed by atoms with Gasteiger partial charge in [0.15, 0.2) is 0 Å². The van der Waals surface area contributed by atoms with Crippen molar-refractivity contribution in [3.05, 3.63) is 83.3 Å². The van der Waals surface area contributed by atoms with Crippen molar-refractivity contribution in [3.8, 4) is 11.6 Å². The first kappa shape index (κ1) is 24.3. The number of urea groups is 1. The van der Waals surface area contributed by atoms with Crippen LogP contribution >= 0.6 is 0 Å². The van der Waals surface area contributed by atoms with Gasteiger partial charge in [-0.3, -0.25) is 4.98 Å². The van der Waals surface area contributed by atoms with E-state index in [1.54, 1.807) is 17.2 Å². The number of piperidine rings is 1. The number of hydrogen-bond donors (Lipinski definition) is 1. The molecule has 4 rings (SSSR count). The van der Waals surface area contributed by atoms with Crippen LogP contribution in [0, 0.1) is 12.8 Å². The lowest BCUT2D eigenvalue weighted by molar-refractivity contribution is -0.137. The molecule has 1 atom stereocenters. The predicted octanol–water partition coefficient (Wildman–Crippen LogP) is 6.55. The van der Waals surface area contributed by atoms with E-state index in [0.29, 0.717) is 24.5 Å². The molecule has 1 N–H and O–H groups in total. The van der Waals surface area contributed by atoms with Crippen LogP contribution < -0.4 is 10.1 Å². The van der Waals surface area contributed by atoms with Gasteiger partial charge in [-0.1, -0.05) is 30.7 Å². The van der Waals surface area contributed by atoms with Crippen LogP contribution in [0.2, 0.25) is 0 Å². The molecule has 1 unspecified atom stereocenters. The largest absolute Gasteiger partial charge is 0.439 e. The first-order chi connectivity index (χ1) is 16.7. The molecule has 35 heavy (non-hydrogen) atoms. The summed E-state index contributed by atoms with van der Waals surface area (Å²) in [7, 11) is 0. The number of halogens is 3.